The standard InChI is InChI=1S/C15H21BrFN/c1-2-8-18-15(9-11-4-3-5-11)13-7-6-12(17)10-14(13)16/h6-7,10-11,15,18H,2-5,8-9H2,1H3. The Morgan fingerprint density at radius 3 is 2.78 bits per heavy atom. The third-order valence-electron chi connectivity index (χ3n) is 3.77. The Balaban J connectivity index is 2.09. The summed E-state index contributed by atoms with van der Waals surface area (Å²) >= 11 is 3.49. The summed E-state index contributed by atoms with van der Waals surface area (Å²) in [5.41, 5.74) is 1.19. The number of halogens is 2. The van der Waals surface area contributed by atoms with Gasteiger partial charge in [-0.05, 0) is 43.0 Å². The molecule has 0 bridgehead atoms. The van der Waals surface area contributed by atoms with Gasteiger partial charge in [-0.15, -0.1) is 0 Å². The molecule has 2 rings (SSSR count). The van der Waals surface area contributed by atoms with E-state index in [2.05, 4.69) is 28.2 Å². The van der Waals surface area contributed by atoms with E-state index in [1.165, 1.54) is 31.2 Å². The molecular formula is C15H21BrFN. The van der Waals surface area contributed by atoms with Crippen LogP contribution in [0.15, 0.2) is 22.7 Å². The van der Waals surface area contributed by atoms with Gasteiger partial charge in [0, 0.05) is 10.5 Å². The summed E-state index contributed by atoms with van der Waals surface area (Å²) in [6, 6.07) is 5.38. The van der Waals surface area contributed by atoms with E-state index < -0.39 is 0 Å². The highest BCUT2D eigenvalue weighted by Crippen LogP contribution is 2.36. The molecule has 1 fully saturated rings. The molecule has 0 radical (unpaired) electrons. The molecule has 100 valence electrons. The van der Waals surface area contributed by atoms with Crippen LogP contribution in [0.4, 0.5) is 4.39 Å². The maximum absolute atomic E-state index is 13.2. The van der Waals surface area contributed by atoms with E-state index >= 15 is 0 Å². The lowest BCUT2D eigenvalue weighted by Gasteiger charge is -2.31. The van der Waals surface area contributed by atoms with Gasteiger partial charge in [-0.3, -0.25) is 0 Å². The largest absolute Gasteiger partial charge is 0.310 e. The number of hydrogen-bond acceptors (Lipinski definition) is 1. The van der Waals surface area contributed by atoms with E-state index in [-0.39, 0.29) is 5.82 Å². The zero-order valence-corrected chi connectivity index (χ0v) is 12.5. The molecule has 1 atom stereocenters. The Hall–Kier alpha value is -0.410. The van der Waals surface area contributed by atoms with Crippen LogP contribution in [0, 0.1) is 11.7 Å². The minimum atomic E-state index is -0.177. The predicted octanol–water partition coefficient (Wildman–Crippen LogP) is 4.82. The van der Waals surface area contributed by atoms with Gasteiger partial charge in [-0.25, -0.2) is 4.39 Å². The van der Waals surface area contributed by atoms with E-state index in [0.717, 1.165) is 23.4 Å². The molecule has 0 heterocycles. The minimum Gasteiger partial charge on any atom is -0.310 e. The van der Waals surface area contributed by atoms with Crippen molar-refractivity contribution >= 4 is 15.9 Å². The van der Waals surface area contributed by atoms with E-state index in [0.29, 0.717) is 6.04 Å². The molecule has 1 aliphatic carbocycles. The van der Waals surface area contributed by atoms with E-state index in [1.807, 2.05) is 6.07 Å². The normalized spacial score (nSPS) is 17.5. The fourth-order valence-corrected chi connectivity index (χ4v) is 3.11. The van der Waals surface area contributed by atoms with Gasteiger partial charge in [0.25, 0.3) is 0 Å². The summed E-state index contributed by atoms with van der Waals surface area (Å²) in [5, 5.41) is 3.59. The van der Waals surface area contributed by atoms with Gasteiger partial charge >= 0.3 is 0 Å². The fraction of sp³-hybridized carbons (Fsp3) is 0.600. The Morgan fingerprint density at radius 2 is 2.22 bits per heavy atom. The Morgan fingerprint density at radius 1 is 1.44 bits per heavy atom. The van der Waals surface area contributed by atoms with Gasteiger partial charge in [0.15, 0.2) is 0 Å². The molecule has 1 nitrogen and oxygen atoms in total. The highest BCUT2D eigenvalue weighted by Gasteiger charge is 2.23. The number of rotatable bonds is 6. The summed E-state index contributed by atoms with van der Waals surface area (Å²) in [6.45, 7) is 3.19. The monoisotopic (exact) mass is 313 g/mol. The molecule has 1 aliphatic rings. The smallest absolute Gasteiger partial charge is 0.124 e. The van der Waals surface area contributed by atoms with Gasteiger partial charge in [0.1, 0.15) is 5.82 Å². The molecular weight excluding hydrogens is 293 g/mol. The molecule has 0 aromatic heterocycles. The van der Waals surface area contributed by atoms with Crippen molar-refractivity contribution in [2.24, 2.45) is 5.92 Å². The van der Waals surface area contributed by atoms with Crippen LogP contribution in [0.25, 0.3) is 0 Å². The SMILES string of the molecule is CCCNC(CC1CCC1)c1ccc(F)cc1Br. The van der Waals surface area contributed by atoms with Crippen molar-refractivity contribution in [2.75, 3.05) is 6.54 Å². The summed E-state index contributed by atoms with van der Waals surface area (Å²) in [6.07, 6.45) is 6.37. The van der Waals surface area contributed by atoms with Crippen molar-refractivity contribution < 1.29 is 4.39 Å². The molecule has 0 amide bonds. The lowest BCUT2D eigenvalue weighted by molar-refractivity contribution is 0.261. The highest BCUT2D eigenvalue weighted by molar-refractivity contribution is 9.10. The molecule has 0 spiro atoms. The molecule has 1 saturated carbocycles. The molecule has 1 aromatic rings. The highest BCUT2D eigenvalue weighted by atomic mass is 79.9. The third-order valence-corrected chi connectivity index (χ3v) is 4.46. The van der Waals surface area contributed by atoms with Crippen LogP contribution in [0.1, 0.15) is 50.6 Å². The zero-order valence-electron chi connectivity index (χ0n) is 10.9. The van der Waals surface area contributed by atoms with Crippen LogP contribution in [-0.4, -0.2) is 6.54 Å². The Labute approximate surface area is 117 Å². The van der Waals surface area contributed by atoms with Crippen LogP contribution < -0.4 is 5.32 Å². The second-order valence-electron chi connectivity index (χ2n) is 5.21. The maximum Gasteiger partial charge on any atom is 0.124 e. The van der Waals surface area contributed by atoms with Crippen molar-refractivity contribution in [3.63, 3.8) is 0 Å². The number of nitrogens with one attached hydrogen (secondary N) is 1. The van der Waals surface area contributed by atoms with E-state index in [9.17, 15) is 4.39 Å². The van der Waals surface area contributed by atoms with Crippen molar-refractivity contribution in [1.82, 2.24) is 5.32 Å². The summed E-state index contributed by atoms with van der Waals surface area (Å²) in [4.78, 5) is 0. The lowest BCUT2D eigenvalue weighted by Crippen LogP contribution is -2.27. The van der Waals surface area contributed by atoms with Crippen molar-refractivity contribution in [3.8, 4) is 0 Å². The maximum atomic E-state index is 13.2. The average molecular weight is 314 g/mol. The quantitative estimate of drug-likeness (QED) is 0.794. The summed E-state index contributed by atoms with van der Waals surface area (Å²) in [5.74, 6) is 0.666. The third kappa shape index (κ3) is 3.55. The number of benzene rings is 1. The molecule has 3 heteroatoms. The van der Waals surface area contributed by atoms with Crippen molar-refractivity contribution in [2.45, 2.75) is 45.1 Å². The first kappa shape index (κ1) is 14.0. The van der Waals surface area contributed by atoms with Crippen LogP contribution in [0.2, 0.25) is 0 Å². The molecule has 1 unspecified atom stereocenters. The predicted molar refractivity (Wildman–Crippen MR) is 77.1 cm³/mol. The van der Waals surface area contributed by atoms with Crippen LogP contribution in [-0.2, 0) is 0 Å². The average Bonchev–Trinajstić information content (AvgIpc) is 2.28. The Kier molecular flexibility index (Phi) is 5.19. The van der Waals surface area contributed by atoms with Crippen LogP contribution in [0.3, 0.4) is 0 Å². The summed E-state index contributed by atoms with van der Waals surface area (Å²) in [7, 11) is 0. The second kappa shape index (κ2) is 6.67. The molecule has 0 aliphatic heterocycles. The lowest BCUT2D eigenvalue weighted by atomic mass is 9.79. The molecule has 0 saturated heterocycles. The van der Waals surface area contributed by atoms with Gasteiger partial charge in [-0.2, -0.15) is 0 Å². The van der Waals surface area contributed by atoms with E-state index in [1.54, 1.807) is 12.1 Å². The van der Waals surface area contributed by atoms with Gasteiger partial charge < -0.3 is 5.32 Å². The topological polar surface area (TPSA) is 12.0 Å². The molecule has 1 N–H and O–H groups in total. The first-order valence-corrected chi connectivity index (χ1v) is 7.68. The van der Waals surface area contributed by atoms with Crippen LogP contribution in [0.5, 0.6) is 0 Å². The minimum absolute atomic E-state index is 0.177. The van der Waals surface area contributed by atoms with Gasteiger partial charge in [0.2, 0.25) is 0 Å². The van der Waals surface area contributed by atoms with Crippen molar-refractivity contribution in [1.29, 1.82) is 0 Å². The van der Waals surface area contributed by atoms with Gasteiger partial charge in [-0.1, -0.05) is 48.2 Å². The molecule has 18 heavy (non-hydrogen) atoms. The first-order valence-electron chi connectivity index (χ1n) is 6.89. The first-order chi connectivity index (χ1) is 8.70. The Bertz CT molecular complexity index is 390. The zero-order chi connectivity index (χ0) is 13.0. The van der Waals surface area contributed by atoms with Gasteiger partial charge in [0.05, 0.1) is 0 Å². The van der Waals surface area contributed by atoms with Crippen molar-refractivity contribution in [3.05, 3.63) is 34.1 Å². The summed E-state index contributed by atoms with van der Waals surface area (Å²) < 4.78 is 14.0. The fourth-order valence-electron chi connectivity index (χ4n) is 2.48. The van der Waals surface area contributed by atoms with Crippen LogP contribution >= 0.6 is 15.9 Å². The number of hydrogen-bond donors (Lipinski definition) is 1. The van der Waals surface area contributed by atoms with E-state index in [4.69, 9.17) is 0 Å². The molecule has 1 aromatic carbocycles. The second-order valence-corrected chi connectivity index (χ2v) is 6.06.